The van der Waals surface area contributed by atoms with Gasteiger partial charge in [0.2, 0.25) is 5.91 Å². The predicted octanol–water partition coefficient (Wildman–Crippen LogP) is -0.788. The van der Waals surface area contributed by atoms with Crippen molar-refractivity contribution in [3.63, 3.8) is 0 Å². The Bertz CT molecular complexity index is 456. The fourth-order valence-electron chi connectivity index (χ4n) is 1.07. The van der Waals surface area contributed by atoms with Crippen LogP contribution in [0.2, 0.25) is 0 Å². The number of aromatic carboxylic acids is 1. The Morgan fingerprint density at radius 1 is 1.44 bits per heavy atom. The molecule has 1 heterocycles. The van der Waals surface area contributed by atoms with Crippen molar-refractivity contribution in [2.75, 3.05) is 6.54 Å². The van der Waals surface area contributed by atoms with Gasteiger partial charge in [0.05, 0.1) is 6.20 Å². The molecule has 0 saturated heterocycles. The minimum absolute atomic E-state index is 0.266. The smallest absolute Gasteiger partial charge is 0.358 e. The summed E-state index contributed by atoms with van der Waals surface area (Å²) in [7, 11) is 0. The standard InChI is InChI=1S/C9H13N5O4/c1-2-3-10-9(18)11-7(15)5-14-4-6(8(16)17)12-13-14/h4H,2-3,5H2,1H3,(H,16,17)(H2,10,11,15,18). The van der Waals surface area contributed by atoms with E-state index in [2.05, 4.69) is 20.9 Å². The predicted molar refractivity (Wildman–Crippen MR) is 58.8 cm³/mol. The minimum Gasteiger partial charge on any atom is -0.476 e. The molecule has 0 radical (unpaired) electrons. The number of carboxylic acids is 1. The first-order valence-corrected chi connectivity index (χ1v) is 5.24. The molecule has 0 fully saturated rings. The summed E-state index contributed by atoms with van der Waals surface area (Å²) in [5.41, 5.74) is -0.266. The molecule has 3 N–H and O–H groups in total. The van der Waals surface area contributed by atoms with Crippen LogP contribution in [0, 0.1) is 0 Å². The highest BCUT2D eigenvalue weighted by Crippen LogP contribution is 1.92. The number of imide groups is 1. The Balaban J connectivity index is 2.44. The lowest BCUT2D eigenvalue weighted by Crippen LogP contribution is -2.41. The topological polar surface area (TPSA) is 126 Å². The zero-order chi connectivity index (χ0) is 13.5. The van der Waals surface area contributed by atoms with E-state index in [0.29, 0.717) is 6.54 Å². The third-order valence-electron chi connectivity index (χ3n) is 1.85. The maximum atomic E-state index is 11.4. The van der Waals surface area contributed by atoms with E-state index in [1.807, 2.05) is 6.92 Å². The van der Waals surface area contributed by atoms with Gasteiger partial charge in [-0.15, -0.1) is 5.10 Å². The first kappa shape index (κ1) is 13.6. The maximum absolute atomic E-state index is 11.4. The maximum Gasteiger partial charge on any atom is 0.358 e. The van der Waals surface area contributed by atoms with Gasteiger partial charge in [-0.25, -0.2) is 14.3 Å². The van der Waals surface area contributed by atoms with Gasteiger partial charge in [-0.2, -0.15) is 0 Å². The monoisotopic (exact) mass is 255 g/mol. The number of rotatable bonds is 5. The molecule has 0 saturated carbocycles. The number of nitrogens with one attached hydrogen (secondary N) is 2. The van der Waals surface area contributed by atoms with Crippen LogP contribution in [0.3, 0.4) is 0 Å². The van der Waals surface area contributed by atoms with Gasteiger partial charge < -0.3 is 10.4 Å². The molecule has 1 aromatic rings. The van der Waals surface area contributed by atoms with Crippen LogP contribution in [-0.4, -0.2) is 44.6 Å². The van der Waals surface area contributed by atoms with Crippen molar-refractivity contribution >= 4 is 17.9 Å². The molecule has 0 spiro atoms. The number of carbonyl (C=O) groups excluding carboxylic acids is 2. The van der Waals surface area contributed by atoms with Crippen LogP contribution in [0.4, 0.5) is 4.79 Å². The Morgan fingerprint density at radius 2 is 2.17 bits per heavy atom. The number of carboxylic acid groups (broad SMARTS) is 1. The lowest BCUT2D eigenvalue weighted by atomic mass is 10.5. The third kappa shape index (κ3) is 4.20. The van der Waals surface area contributed by atoms with Gasteiger partial charge in [-0.3, -0.25) is 10.1 Å². The van der Waals surface area contributed by atoms with E-state index in [4.69, 9.17) is 5.11 Å². The summed E-state index contributed by atoms with van der Waals surface area (Å²) in [4.78, 5) is 33.0. The highest BCUT2D eigenvalue weighted by Gasteiger charge is 2.12. The van der Waals surface area contributed by atoms with E-state index in [9.17, 15) is 14.4 Å². The minimum atomic E-state index is -1.23. The van der Waals surface area contributed by atoms with Crippen LogP contribution in [0.1, 0.15) is 23.8 Å². The van der Waals surface area contributed by atoms with Gasteiger partial charge in [-0.1, -0.05) is 12.1 Å². The van der Waals surface area contributed by atoms with E-state index < -0.39 is 17.9 Å². The summed E-state index contributed by atoms with van der Waals surface area (Å²) < 4.78 is 1.03. The molecule has 0 atom stereocenters. The molecular weight excluding hydrogens is 242 g/mol. The first-order valence-electron chi connectivity index (χ1n) is 5.24. The van der Waals surface area contributed by atoms with Crippen LogP contribution < -0.4 is 10.6 Å². The molecule has 0 bridgehead atoms. The number of aromatic nitrogens is 3. The second-order valence-corrected chi connectivity index (χ2v) is 3.41. The number of amides is 3. The highest BCUT2D eigenvalue weighted by molar-refractivity contribution is 5.94. The SMILES string of the molecule is CCCNC(=O)NC(=O)Cn1cc(C(=O)O)nn1. The van der Waals surface area contributed by atoms with Gasteiger partial charge >= 0.3 is 12.0 Å². The molecular formula is C9H13N5O4. The Hall–Kier alpha value is -2.45. The van der Waals surface area contributed by atoms with Crippen LogP contribution in [0.5, 0.6) is 0 Å². The quantitative estimate of drug-likeness (QED) is 0.633. The molecule has 0 aliphatic rings. The van der Waals surface area contributed by atoms with Crippen molar-refractivity contribution in [1.29, 1.82) is 0 Å². The Labute approximate surface area is 102 Å². The van der Waals surface area contributed by atoms with Gasteiger partial charge in [0, 0.05) is 6.54 Å². The van der Waals surface area contributed by atoms with Gasteiger partial charge in [0.25, 0.3) is 0 Å². The zero-order valence-electron chi connectivity index (χ0n) is 9.71. The normalized spacial score (nSPS) is 9.83. The van der Waals surface area contributed by atoms with Crippen LogP contribution in [-0.2, 0) is 11.3 Å². The second kappa shape index (κ2) is 6.33. The summed E-state index contributed by atoms with van der Waals surface area (Å²) in [6, 6.07) is -0.597. The Kier molecular flexibility index (Phi) is 4.78. The number of urea groups is 1. The molecule has 3 amide bonds. The van der Waals surface area contributed by atoms with Crippen molar-refractivity contribution in [2.24, 2.45) is 0 Å². The Morgan fingerprint density at radius 3 is 2.72 bits per heavy atom. The average molecular weight is 255 g/mol. The molecule has 0 aliphatic carbocycles. The lowest BCUT2D eigenvalue weighted by molar-refractivity contribution is -0.120. The van der Waals surface area contributed by atoms with Crippen LogP contribution >= 0.6 is 0 Å². The lowest BCUT2D eigenvalue weighted by Gasteiger charge is -2.04. The summed E-state index contributed by atoms with van der Waals surface area (Å²) in [6.45, 7) is 2.07. The largest absolute Gasteiger partial charge is 0.476 e. The molecule has 0 aromatic carbocycles. The summed E-state index contributed by atoms with van der Waals surface area (Å²) in [6.07, 6.45) is 1.86. The molecule has 0 aliphatic heterocycles. The van der Waals surface area contributed by atoms with Crippen molar-refractivity contribution in [1.82, 2.24) is 25.6 Å². The first-order chi connectivity index (χ1) is 8.52. The van der Waals surface area contributed by atoms with Gasteiger partial charge in [-0.05, 0) is 6.42 Å². The van der Waals surface area contributed by atoms with E-state index in [1.54, 1.807) is 0 Å². The van der Waals surface area contributed by atoms with E-state index in [-0.39, 0.29) is 12.2 Å². The van der Waals surface area contributed by atoms with Crippen LogP contribution in [0.15, 0.2) is 6.20 Å². The molecule has 9 heteroatoms. The molecule has 1 rings (SSSR count). The number of nitrogens with zero attached hydrogens (tertiary/aromatic N) is 3. The third-order valence-corrected chi connectivity index (χ3v) is 1.85. The van der Waals surface area contributed by atoms with Crippen molar-refractivity contribution < 1.29 is 19.5 Å². The molecule has 18 heavy (non-hydrogen) atoms. The molecule has 0 unspecified atom stereocenters. The summed E-state index contributed by atoms with van der Waals surface area (Å²) >= 11 is 0. The van der Waals surface area contributed by atoms with E-state index >= 15 is 0 Å². The van der Waals surface area contributed by atoms with Gasteiger partial charge in [0.1, 0.15) is 6.54 Å². The number of hydrogen-bond donors (Lipinski definition) is 3. The van der Waals surface area contributed by atoms with Crippen molar-refractivity contribution in [3.8, 4) is 0 Å². The van der Waals surface area contributed by atoms with E-state index in [0.717, 1.165) is 17.3 Å². The molecule has 1 aromatic heterocycles. The van der Waals surface area contributed by atoms with Crippen molar-refractivity contribution in [3.05, 3.63) is 11.9 Å². The zero-order valence-corrected chi connectivity index (χ0v) is 9.71. The summed E-state index contributed by atoms with van der Waals surface area (Å²) in [5.74, 6) is -1.84. The fourth-order valence-corrected chi connectivity index (χ4v) is 1.07. The van der Waals surface area contributed by atoms with E-state index in [1.165, 1.54) is 0 Å². The van der Waals surface area contributed by atoms with Crippen molar-refractivity contribution in [2.45, 2.75) is 19.9 Å². The number of hydrogen-bond acceptors (Lipinski definition) is 5. The molecule has 98 valence electrons. The highest BCUT2D eigenvalue weighted by atomic mass is 16.4. The average Bonchev–Trinajstić information content (AvgIpc) is 2.74. The second-order valence-electron chi connectivity index (χ2n) is 3.41. The molecule has 9 nitrogen and oxygen atoms in total. The fraction of sp³-hybridized carbons (Fsp3) is 0.444. The summed E-state index contributed by atoms with van der Waals surface area (Å²) in [5, 5.41) is 19.9. The number of carbonyl (C=O) groups is 3. The van der Waals surface area contributed by atoms with Gasteiger partial charge in [0.15, 0.2) is 5.69 Å². The van der Waals surface area contributed by atoms with Crippen LogP contribution in [0.25, 0.3) is 0 Å².